The van der Waals surface area contributed by atoms with Gasteiger partial charge >= 0.3 is 0 Å². The van der Waals surface area contributed by atoms with Gasteiger partial charge in [0.1, 0.15) is 0 Å². The predicted octanol–water partition coefficient (Wildman–Crippen LogP) is 3.15. The zero-order chi connectivity index (χ0) is 13.3. The quantitative estimate of drug-likeness (QED) is 0.387. The van der Waals surface area contributed by atoms with Crippen LogP contribution < -0.4 is 5.19 Å². The third-order valence-electron chi connectivity index (χ3n) is 2.91. The Morgan fingerprint density at radius 2 is 1.78 bits per heavy atom. The Morgan fingerprint density at radius 3 is 2.39 bits per heavy atom. The molecule has 1 rings (SSSR count). The maximum Gasteiger partial charge on any atom is 0.244 e. The Labute approximate surface area is 111 Å². The number of unbranched alkanes of at least 4 members (excludes halogenated alkanes) is 1. The highest BCUT2D eigenvalue weighted by Crippen LogP contribution is 2.08. The summed E-state index contributed by atoms with van der Waals surface area (Å²) in [5.41, 5.74) is 1.99. The second-order valence-corrected chi connectivity index (χ2v) is 7.76. The summed E-state index contributed by atoms with van der Waals surface area (Å²) in [7, 11) is -1.97. The van der Waals surface area contributed by atoms with Crippen LogP contribution in [-0.2, 0) is 9.16 Å². The van der Waals surface area contributed by atoms with Crippen molar-refractivity contribution in [2.75, 3.05) is 13.2 Å². The molecule has 0 fully saturated rings. The van der Waals surface area contributed by atoms with Crippen LogP contribution in [0.4, 0.5) is 0 Å². The number of hydrogen-bond donors (Lipinski definition) is 0. The second kappa shape index (κ2) is 7.90. The van der Waals surface area contributed by atoms with Crippen LogP contribution in [0.15, 0.2) is 55.5 Å². The highest BCUT2D eigenvalue weighted by molar-refractivity contribution is 6.89. The molecule has 0 bridgehead atoms. The van der Waals surface area contributed by atoms with Crippen molar-refractivity contribution in [3.8, 4) is 0 Å². The van der Waals surface area contributed by atoms with Gasteiger partial charge in [0.15, 0.2) is 0 Å². The third-order valence-corrected chi connectivity index (χ3v) is 5.98. The molecule has 0 heterocycles. The first-order chi connectivity index (χ1) is 8.73. The molecular weight excluding hydrogens is 240 g/mol. The van der Waals surface area contributed by atoms with Gasteiger partial charge in [-0.15, -0.1) is 6.58 Å². The SMILES string of the molecule is C=COCCCCO[Si](C)(C=C)c1ccccc1. The van der Waals surface area contributed by atoms with E-state index in [0.717, 1.165) is 19.4 Å². The van der Waals surface area contributed by atoms with Crippen LogP contribution in [0.1, 0.15) is 12.8 Å². The first-order valence-electron chi connectivity index (χ1n) is 6.28. The minimum Gasteiger partial charge on any atom is -0.502 e. The van der Waals surface area contributed by atoms with E-state index in [0.29, 0.717) is 6.61 Å². The van der Waals surface area contributed by atoms with E-state index in [2.05, 4.69) is 31.8 Å². The number of ether oxygens (including phenoxy) is 1. The van der Waals surface area contributed by atoms with Crippen molar-refractivity contribution < 1.29 is 9.16 Å². The summed E-state index contributed by atoms with van der Waals surface area (Å²) in [4.78, 5) is 0. The number of rotatable bonds is 9. The Hall–Kier alpha value is -1.32. The van der Waals surface area contributed by atoms with E-state index >= 15 is 0 Å². The van der Waals surface area contributed by atoms with Crippen molar-refractivity contribution in [3.05, 3.63) is 55.5 Å². The van der Waals surface area contributed by atoms with E-state index < -0.39 is 8.32 Å². The van der Waals surface area contributed by atoms with Crippen LogP contribution in [0.25, 0.3) is 0 Å². The molecule has 0 spiro atoms. The molecule has 1 unspecified atom stereocenters. The van der Waals surface area contributed by atoms with E-state index in [1.807, 2.05) is 23.9 Å². The Morgan fingerprint density at radius 1 is 1.11 bits per heavy atom. The summed E-state index contributed by atoms with van der Waals surface area (Å²) in [5, 5.41) is 1.27. The van der Waals surface area contributed by atoms with Crippen LogP contribution in [-0.4, -0.2) is 21.5 Å². The standard InChI is InChI=1S/C15H22O2Si/c1-4-16-13-9-10-14-17-18(3,5-2)15-11-7-6-8-12-15/h4-8,11-12H,1-2,9-10,13-14H2,3H3. The molecule has 3 heteroatoms. The van der Waals surface area contributed by atoms with Gasteiger partial charge in [0.05, 0.1) is 12.9 Å². The Balaban J connectivity index is 2.41. The molecule has 18 heavy (non-hydrogen) atoms. The van der Waals surface area contributed by atoms with Crippen molar-refractivity contribution in [2.24, 2.45) is 0 Å². The molecule has 1 aromatic carbocycles. The topological polar surface area (TPSA) is 18.5 Å². The van der Waals surface area contributed by atoms with E-state index in [-0.39, 0.29) is 0 Å². The van der Waals surface area contributed by atoms with Gasteiger partial charge in [0.2, 0.25) is 8.32 Å². The van der Waals surface area contributed by atoms with Gasteiger partial charge in [0, 0.05) is 6.61 Å². The molecule has 1 aromatic rings. The Bertz CT molecular complexity index is 364. The van der Waals surface area contributed by atoms with Crippen LogP contribution in [0.2, 0.25) is 6.55 Å². The van der Waals surface area contributed by atoms with Crippen LogP contribution in [0, 0.1) is 0 Å². The molecule has 0 aliphatic carbocycles. The third kappa shape index (κ3) is 4.51. The summed E-state index contributed by atoms with van der Waals surface area (Å²) >= 11 is 0. The van der Waals surface area contributed by atoms with Gasteiger partial charge in [-0.2, -0.15) is 0 Å². The first-order valence-corrected chi connectivity index (χ1v) is 8.77. The maximum atomic E-state index is 6.08. The largest absolute Gasteiger partial charge is 0.502 e. The lowest BCUT2D eigenvalue weighted by atomic mass is 10.3. The molecule has 0 aliphatic heterocycles. The zero-order valence-corrected chi connectivity index (χ0v) is 12.1. The van der Waals surface area contributed by atoms with Gasteiger partial charge in [-0.25, -0.2) is 0 Å². The lowest BCUT2D eigenvalue weighted by molar-refractivity contribution is 0.225. The fraction of sp³-hybridized carbons (Fsp3) is 0.333. The van der Waals surface area contributed by atoms with E-state index in [4.69, 9.17) is 9.16 Å². The summed E-state index contributed by atoms with van der Waals surface area (Å²) in [6.45, 7) is 11.1. The number of hydrogen-bond acceptors (Lipinski definition) is 2. The molecule has 0 aromatic heterocycles. The van der Waals surface area contributed by atoms with Gasteiger partial charge in [0.25, 0.3) is 0 Å². The van der Waals surface area contributed by atoms with Crippen molar-refractivity contribution in [1.29, 1.82) is 0 Å². The average Bonchev–Trinajstić information content (AvgIpc) is 2.43. The monoisotopic (exact) mass is 262 g/mol. The normalized spacial score (nSPS) is 13.6. The molecule has 2 nitrogen and oxygen atoms in total. The highest BCUT2D eigenvalue weighted by atomic mass is 28.4. The van der Waals surface area contributed by atoms with Crippen LogP contribution >= 0.6 is 0 Å². The lowest BCUT2D eigenvalue weighted by Crippen LogP contribution is -2.46. The molecule has 1 atom stereocenters. The maximum absolute atomic E-state index is 6.08. The zero-order valence-electron chi connectivity index (χ0n) is 11.1. The van der Waals surface area contributed by atoms with Gasteiger partial charge in [-0.1, -0.05) is 42.6 Å². The summed E-state index contributed by atoms with van der Waals surface area (Å²) < 4.78 is 11.2. The Kier molecular flexibility index (Phi) is 6.47. The van der Waals surface area contributed by atoms with Gasteiger partial charge in [-0.05, 0) is 24.6 Å². The molecule has 0 saturated carbocycles. The second-order valence-electron chi connectivity index (χ2n) is 4.27. The molecular formula is C15H22O2Si. The van der Waals surface area contributed by atoms with Crippen molar-refractivity contribution in [3.63, 3.8) is 0 Å². The van der Waals surface area contributed by atoms with E-state index in [9.17, 15) is 0 Å². The molecule has 0 amide bonds. The summed E-state index contributed by atoms with van der Waals surface area (Å²) in [6.07, 6.45) is 3.47. The van der Waals surface area contributed by atoms with E-state index in [1.165, 1.54) is 11.4 Å². The average molecular weight is 262 g/mol. The van der Waals surface area contributed by atoms with Crippen LogP contribution in [0.5, 0.6) is 0 Å². The first kappa shape index (κ1) is 14.7. The minimum absolute atomic E-state index is 0.713. The molecule has 0 aliphatic rings. The highest BCUT2D eigenvalue weighted by Gasteiger charge is 2.27. The summed E-state index contributed by atoms with van der Waals surface area (Å²) in [5.74, 6) is 0. The van der Waals surface area contributed by atoms with Crippen molar-refractivity contribution in [1.82, 2.24) is 0 Å². The predicted molar refractivity (Wildman–Crippen MR) is 79.2 cm³/mol. The molecule has 98 valence electrons. The van der Waals surface area contributed by atoms with Gasteiger partial charge in [-0.3, -0.25) is 0 Å². The molecule has 0 radical (unpaired) electrons. The lowest BCUT2D eigenvalue weighted by Gasteiger charge is -2.24. The van der Waals surface area contributed by atoms with Crippen LogP contribution in [0.3, 0.4) is 0 Å². The molecule has 0 N–H and O–H groups in total. The number of benzene rings is 1. The van der Waals surface area contributed by atoms with Crippen molar-refractivity contribution in [2.45, 2.75) is 19.4 Å². The van der Waals surface area contributed by atoms with Crippen molar-refractivity contribution >= 4 is 13.5 Å². The fourth-order valence-electron chi connectivity index (χ4n) is 1.68. The molecule has 0 saturated heterocycles. The van der Waals surface area contributed by atoms with Gasteiger partial charge < -0.3 is 9.16 Å². The fourth-order valence-corrected chi connectivity index (χ4v) is 3.63. The smallest absolute Gasteiger partial charge is 0.244 e. The van der Waals surface area contributed by atoms with E-state index in [1.54, 1.807) is 0 Å². The minimum atomic E-state index is -1.97. The summed E-state index contributed by atoms with van der Waals surface area (Å²) in [6, 6.07) is 10.4.